The van der Waals surface area contributed by atoms with Gasteiger partial charge in [0.15, 0.2) is 0 Å². The summed E-state index contributed by atoms with van der Waals surface area (Å²) in [6.07, 6.45) is 13.5. The molecule has 0 fully saturated rings. The van der Waals surface area contributed by atoms with E-state index in [0.717, 1.165) is 29.8 Å². The minimum Gasteiger partial charge on any atom is -0.349 e. The van der Waals surface area contributed by atoms with Crippen molar-refractivity contribution in [3.05, 3.63) is 210 Å². The highest BCUT2D eigenvalue weighted by Crippen LogP contribution is 2.44. The highest BCUT2D eigenvalue weighted by atomic mass is 14.9. The van der Waals surface area contributed by atoms with Crippen molar-refractivity contribution in [2.24, 2.45) is 0 Å². The number of allylic oxidation sites excluding steroid dienone is 7. The minimum atomic E-state index is 0.880. The van der Waals surface area contributed by atoms with Gasteiger partial charge in [0.05, 0.1) is 5.70 Å². The number of benzene rings is 8. The lowest BCUT2D eigenvalue weighted by atomic mass is 9.85. The fraction of sp³-hybridized carbons (Fsp3) is 0.0741. The molecular formula is C54H41N. The van der Waals surface area contributed by atoms with E-state index in [2.05, 4.69) is 199 Å². The highest BCUT2D eigenvalue weighted by Gasteiger charge is 2.19. The minimum absolute atomic E-state index is 0.880. The molecule has 2 aliphatic rings. The molecule has 262 valence electrons. The van der Waals surface area contributed by atoms with Gasteiger partial charge in [-0.25, -0.2) is 0 Å². The number of anilines is 1. The molecule has 55 heavy (non-hydrogen) atoms. The van der Waals surface area contributed by atoms with E-state index < -0.39 is 0 Å². The zero-order valence-corrected chi connectivity index (χ0v) is 31.2. The van der Waals surface area contributed by atoms with Crippen molar-refractivity contribution in [1.29, 1.82) is 0 Å². The summed E-state index contributed by atoms with van der Waals surface area (Å²) in [5, 5.41) is 13.6. The molecule has 8 aromatic carbocycles. The van der Waals surface area contributed by atoms with Gasteiger partial charge in [0, 0.05) is 16.8 Å². The average Bonchev–Trinajstić information content (AvgIpc) is 3.26. The molecule has 0 radical (unpaired) electrons. The van der Waals surface area contributed by atoms with Gasteiger partial charge >= 0.3 is 0 Å². The van der Waals surface area contributed by atoms with Crippen molar-refractivity contribution in [2.75, 3.05) is 5.32 Å². The van der Waals surface area contributed by atoms with Crippen LogP contribution in [-0.2, 0) is 0 Å². The normalized spacial score (nSPS) is 13.4. The molecule has 0 heterocycles. The summed E-state index contributed by atoms with van der Waals surface area (Å²) in [5.74, 6) is 0. The number of hydrogen-bond donors (Lipinski definition) is 1. The number of rotatable bonds is 6. The maximum Gasteiger partial charge on any atom is 0.0901 e. The molecule has 0 saturated carbocycles. The summed E-state index contributed by atoms with van der Waals surface area (Å²) in [6.45, 7) is 4.00. The molecule has 0 saturated heterocycles. The summed E-state index contributed by atoms with van der Waals surface area (Å²) in [6, 6.07) is 54.7. The summed E-state index contributed by atoms with van der Waals surface area (Å²) in [7, 11) is 0. The van der Waals surface area contributed by atoms with Crippen LogP contribution in [0.25, 0.3) is 76.5 Å². The van der Waals surface area contributed by atoms with Gasteiger partial charge in [-0.05, 0) is 119 Å². The van der Waals surface area contributed by atoms with E-state index in [1.54, 1.807) is 0 Å². The standard InChI is InChI=1S/C52H35N.C2H6/c1-3-15-35(16-4-1)49-41-19-7-11-23-45(41)51(46-24-12-8-20-42(46)49)37-27-31-39(32-28-37)53-40-33-29-38(30-34-40)52-47-25-13-9-21-43(47)50(36-17-5-2-6-18-36)44-22-10-14-26-48(44)52;1-2/h1,3-5,7-27,29-31,33-34,53H,2,6H2;1-2H3. The van der Waals surface area contributed by atoms with Gasteiger partial charge < -0.3 is 5.32 Å². The van der Waals surface area contributed by atoms with Crippen LogP contribution in [0.15, 0.2) is 199 Å². The van der Waals surface area contributed by atoms with Gasteiger partial charge in [-0.15, -0.1) is 0 Å². The third-order valence-electron chi connectivity index (χ3n) is 10.7. The molecule has 1 nitrogen and oxygen atoms in total. The van der Waals surface area contributed by atoms with Crippen LogP contribution in [0.1, 0.15) is 37.8 Å². The molecule has 0 spiro atoms. The van der Waals surface area contributed by atoms with Crippen molar-refractivity contribution < 1.29 is 0 Å². The third-order valence-corrected chi connectivity index (χ3v) is 10.7. The predicted octanol–water partition coefficient (Wildman–Crippen LogP) is 15.1. The van der Waals surface area contributed by atoms with Gasteiger partial charge in [0.2, 0.25) is 0 Å². The zero-order chi connectivity index (χ0) is 37.1. The summed E-state index contributed by atoms with van der Waals surface area (Å²) >= 11 is 0. The first-order chi connectivity index (χ1) is 27.3. The number of fused-ring (bicyclic) bond motifs is 4. The van der Waals surface area contributed by atoms with Gasteiger partial charge in [-0.3, -0.25) is 0 Å². The molecular weight excluding hydrogens is 663 g/mol. The van der Waals surface area contributed by atoms with Crippen molar-refractivity contribution in [3.63, 3.8) is 0 Å². The second-order valence-corrected chi connectivity index (χ2v) is 13.8. The SMILES string of the molecule is C1=C=C(c2c3ccccc3c(-c3ccccc3)c3ccccc23)C=CC=1Nc1ccc(-c2c3ccccc3c(C3=CCCC=C3)c3ccccc23)cc1.CC. The van der Waals surface area contributed by atoms with E-state index in [9.17, 15) is 0 Å². The van der Waals surface area contributed by atoms with Crippen LogP contribution in [0.2, 0.25) is 0 Å². The zero-order valence-electron chi connectivity index (χ0n) is 31.2. The molecule has 0 aliphatic heterocycles. The second-order valence-electron chi connectivity index (χ2n) is 13.8. The molecule has 1 heteroatoms. The Balaban J connectivity index is 0.00000195. The van der Waals surface area contributed by atoms with Gasteiger partial charge in [-0.1, -0.05) is 177 Å². The first-order valence-electron chi connectivity index (χ1n) is 19.4. The largest absolute Gasteiger partial charge is 0.349 e. The Bertz CT molecular complexity index is 2850. The molecule has 0 atom stereocenters. The van der Waals surface area contributed by atoms with Gasteiger partial charge in [0.25, 0.3) is 0 Å². The lowest BCUT2D eigenvalue weighted by molar-refractivity contribution is 1.04. The van der Waals surface area contributed by atoms with Crippen molar-refractivity contribution >= 4 is 59.9 Å². The fourth-order valence-electron chi connectivity index (χ4n) is 8.36. The van der Waals surface area contributed by atoms with E-state index >= 15 is 0 Å². The molecule has 1 N–H and O–H groups in total. The van der Waals surface area contributed by atoms with Crippen LogP contribution in [0.4, 0.5) is 5.69 Å². The van der Waals surface area contributed by atoms with E-state index in [4.69, 9.17) is 0 Å². The maximum absolute atomic E-state index is 3.59. The molecule has 0 bridgehead atoms. The van der Waals surface area contributed by atoms with Crippen molar-refractivity contribution in [2.45, 2.75) is 26.7 Å². The van der Waals surface area contributed by atoms with Crippen LogP contribution in [0, 0.1) is 0 Å². The fourth-order valence-corrected chi connectivity index (χ4v) is 8.36. The van der Waals surface area contributed by atoms with Gasteiger partial charge in [-0.2, -0.15) is 0 Å². The third kappa shape index (κ3) is 6.13. The Labute approximate surface area is 323 Å². The van der Waals surface area contributed by atoms with E-state index in [1.165, 1.54) is 82.0 Å². The highest BCUT2D eigenvalue weighted by molar-refractivity contribution is 6.20. The van der Waals surface area contributed by atoms with Crippen molar-refractivity contribution in [1.82, 2.24) is 0 Å². The Morgan fingerprint density at radius 3 is 1.31 bits per heavy atom. The van der Waals surface area contributed by atoms with Crippen LogP contribution in [0.3, 0.4) is 0 Å². The lowest BCUT2D eigenvalue weighted by Gasteiger charge is -2.19. The Kier molecular flexibility index (Phi) is 9.17. The van der Waals surface area contributed by atoms with Gasteiger partial charge in [0.1, 0.15) is 0 Å². The monoisotopic (exact) mass is 703 g/mol. The van der Waals surface area contributed by atoms with E-state index in [0.29, 0.717) is 0 Å². The summed E-state index contributed by atoms with van der Waals surface area (Å²) in [5.41, 5.74) is 18.7. The topological polar surface area (TPSA) is 12.0 Å². The van der Waals surface area contributed by atoms with Crippen LogP contribution in [-0.4, -0.2) is 0 Å². The lowest BCUT2D eigenvalue weighted by Crippen LogP contribution is -1.98. The Morgan fingerprint density at radius 1 is 0.400 bits per heavy atom. The molecule has 10 rings (SSSR count). The Morgan fingerprint density at radius 2 is 0.855 bits per heavy atom. The Hall–Kier alpha value is -6.88. The second kappa shape index (κ2) is 14.9. The molecule has 0 aromatic heterocycles. The molecule has 2 aliphatic carbocycles. The summed E-state index contributed by atoms with van der Waals surface area (Å²) < 4.78 is 0. The summed E-state index contributed by atoms with van der Waals surface area (Å²) in [4.78, 5) is 0. The number of nitrogens with one attached hydrogen (secondary N) is 1. The van der Waals surface area contributed by atoms with E-state index in [-0.39, 0.29) is 0 Å². The van der Waals surface area contributed by atoms with E-state index in [1.807, 2.05) is 13.8 Å². The van der Waals surface area contributed by atoms with Crippen molar-refractivity contribution in [3.8, 4) is 22.3 Å². The molecule has 8 aromatic rings. The quantitative estimate of drug-likeness (QED) is 0.134. The molecule has 0 amide bonds. The first kappa shape index (κ1) is 33.9. The maximum atomic E-state index is 3.59. The van der Waals surface area contributed by atoms with Crippen LogP contribution < -0.4 is 5.32 Å². The smallest absolute Gasteiger partial charge is 0.0901 e. The first-order valence-corrected chi connectivity index (χ1v) is 19.4. The number of hydrogen-bond acceptors (Lipinski definition) is 1. The average molecular weight is 704 g/mol. The predicted molar refractivity (Wildman–Crippen MR) is 238 cm³/mol. The van der Waals surface area contributed by atoms with Crippen LogP contribution in [0.5, 0.6) is 0 Å². The molecule has 0 unspecified atom stereocenters. The van der Waals surface area contributed by atoms with Crippen LogP contribution >= 0.6 is 0 Å².